The third-order valence-electron chi connectivity index (χ3n) is 6.96. The Bertz CT molecular complexity index is 1490. The molecule has 1 aliphatic heterocycles. The van der Waals surface area contributed by atoms with Crippen molar-refractivity contribution >= 4 is 29.1 Å². The van der Waals surface area contributed by atoms with Crippen LogP contribution in [0.25, 0.3) is 0 Å². The lowest BCUT2D eigenvalue weighted by Gasteiger charge is -2.37. The average molecular weight is 577 g/mol. The van der Waals surface area contributed by atoms with Gasteiger partial charge in [-0.05, 0) is 64.0 Å². The number of nitrogens with one attached hydrogen (secondary N) is 2. The molecule has 4 rings (SSSR count). The number of nitrogens with zero attached hydrogens (tertiary/aromatic N) is 2. The van der Waals surface area contributed by atoms with E-state index in [1.807, 2.05) is 12.1 Å². The van der Waals surface area contributed by atoms with Crippen molar-refractivity contribution in [1.82, 2.24) is 10.2 Å². The van der Waals surface area contributed by atoms with E-state index in [0.717, 1.165) is 5.56 Å². The largest absolute Gasteiger partial charge is 0.492 e. The van der Waals surface area contributed by atoms with Crippen LogP contribution in [0.4, 0.5) is 20.2 Å². The lowest BCUT2D eigenvalue weighted by molar-refractivity contribution is -0.120. The maximum atomic E-state index is 16.5. The molecule has 2 aromatic rings. The SMILES string of the molecule is C=C1CCCc2ccccc2N1C1=C(C(=O)NCCN(C)C)C(F)(F)C(=C=O)C(OCC)=C1C(=O)Nc1ccccc1. The van der Waals surface area contributed by atoms with Crippen LogP contribution in [0.15, 0.2) is 95.0 Å². The van der Waals surface area contributed by atoms with Gasteiger partial charge in [0.05, 0.1) is 12.3 Å². The molecule has 220 valence electrons. The van der Waals surface area contributed by atoms with E-state index >= 15 is 8.78 Å². The van der Waals surface area contributed by atoms with Crippen molar-refractivity contribution in [2.24, 2.45) is 0 Å². The second-order valence-corrected chi connectivity index (χ2v) is 10.2. The van der Waals surface area contributed by atoms with Gasteiger partial charge in [-0.1, -0.05) is 43.0 Å². The number of likely N-dealkylation sites (N-methyl/N-ethyl adjacent to an activating group) is 1. The Labute approximate surface area is 244 Å². The van der Waals surface area contributed by atoms with Crippen molar-refractivity contribution in [1.29, 1.82) is 0 Å². The first-order valence-corrected chi connectivity index (χ1v) is 13.7. The number of halogens is 2. The van der Waals surface area contributed by atoms with Crippen molar-refractivity contribution in [2.75, 3.05) is 44.0 Å². The number of anilines is 2. The molecule has 0 aromatic heterocycles. The number of carbonyl (C=O) groups is 2. The highest BCUT2D eigenvalue weighted by Crippen LogP contribution is 2.49. The summed E-state index contributed by atoms with van der Waals surface area (Å²) >= 11 is 0. The number of alkyl halides is 2. The van der Waals surface area contributed by atoms with Crippen LogP contribution in [-0.2, 0) is 25.5 Å². The van der Waals surface area contributed by atoms with E-state index in [9.17, 15) is 14.4 Å². The number of para-hydroxylation sites is 2. The Morgan fingerprint density at radius 1 is 1.07 bits per heavy atom. The van der Waals surface area contributed by atoms with Crippen molar-refractivity contribution in [3.63, 3.8) is 0 Å². The lowest BCUT2D eigenvalue weighted by atomic mass is 9.85. The van der Waals surface area contributed by atoms with Crippen LogP contribution in [0.2, 0.25) is 0 Å². The summed E-state index contributed by atoms with van der Waals surface area (Å²) in [4.78, 5) is 43.2. The Kier molecular flexibility index (Phi) is 9.40. The first kappa shape index (κ1) is 30.4. The van der Waals surface area contributed by atoms with E-state index in [1.165, 1.54) is 10.8 Å². The minimum Gasteiger partial charge on any atom is -0.492 e. The fraction of sp³-hybridized carbons (Fsp3) is 0.312. The zero-order valence-electron chi connectivity index (χ0n) is 23.9. The molecule has 0 unspecified atom stereocenters. The highest BCUT2D eigenvalue weighted by atomic mass is 19.3. The number of hydrogen-bond donors (Lipinski definition) is 2. The minimum atomic E-state index is -4.15. The summed E-state index contributed by atoms with van der Waals surface area (Å²) in [6, 6.07) is 15.6. The van der Waals surface area contributed by atoms with Crippen molar-refractivity contribution in [3.05, 3.63) is 101 Å². The van der Waals surface area contributed by atoms with Crippen LogP contribution in [0.3, 0.4) is 0 Å². The summed E-state index contributed by atoms with van der Waals surface area (Å²) in [6.45, 7) is 6.01. The van der Waals surface area contributed by atoms with Gasteiger partial charge in [0.1, 0.15) is 17.1 Å². The molecular formula is C32H34F2N4O4. The highest BCUT2D eigenvalue weighted by molar-refractivity contribution is 6.13. The summed E-state index contributed by atoms with van der Waals surface area (Å²) in [6.07, 6.45) is 1.72. The van der Waals surface area contributed by atoms with Crippen molar-refractivity contribution < 1.29 is 27.9 Å². The van der Waals surface area contributed by atoms with Gasteiger partial charge in [-0.15, -0.1) is 0 Å². The smallest absolute Gasteiger partial charge is 0.319 e. The molecule has 0 radical (unpaired) electrons. The Balaban J connectivity index is 2.07. The second-order valence-electron chi connectivity index (χ2n) is 10.2. The fourth-order valence-corrected chi connectivity index (χ4v) is 5.04. The molecule has 42 heavy (non-hydrogen) atoms. The predicted octanol–water partition coefficient (Wildman–Crippen LogP) is 4.61. The zero-order chi connectivity index (χ0) is 30.4. The van der Waals surface area contributed by atoms with Crippen molar-refractivity contribution in [2.45, 2.75) is 32.1 Å². The Morgan fingerprint density at radius 2 is 1.76 bits per heavy atom. The molecule has 2 amide bonds. The molecule has 1 heterocycles. The normalized spacial score (nSPS) is 16.6. The first-order chi connectivity index (χ1) is 20.1. The number of ether oxygens (including phenoxy) is 1. The van der Waals surface area contributed by atoms with Gasteiger partial charge in [-0.2, -0.15) is 8.78 Å². The zero-order valence-corrected chi connectivity index (χ0v) is 23.9. The van der Waals surface area contributed by atoms with E-state index in [2.05, 4.69) is 17.2 Å². The van der Waals surface area contributed by atoms with Gasteiger partial charge in [0.15, 0.2) is 11.3 Å². The molecule has 0 saturated heterocycles. The maximum Gasteiger partial charge on any atom is 0.319 e. The quantitative estimate of drug-likeness (QED) is 0.424. The molecule has 1 aliphatic carbocycles. The van der Waals surface area contributed by atoms with Gasteiger partial charge in [0.2, 0.25) is 0 Å². The van der Waals surface area contributed by atoms with Gasteiger partial charge < -0.3 is 25.2 Å². The summed E-state index contributed by atoms with van der Waals surface area (Å²) in [5.41, 5.74) is -0.939. The van der Waals surface area contributed by atoms with Gasteiger partial charge in [-0.25, -0.2) is 4.79 Å². The third-order valence-corrected chi connectivity index (χ3v) is 6.96. The number of carbonyl (C=O) groups excluding carboxylic acids is 3. The molecule has 2 N–H and O–H groups in total. The van der Waals surface area contributed by atoms with E-state index in [4.69, 9.17) is 4.74 Å². The van der Waals surface area contributed by atoms with E-state index in [-0.39, 0.29) is 18.7 Å². The van der Waals surface area contributed by atoms with Crippen LogP contribution < -0.4 is 15.5 Å². The van der Waals surface area contributed by atoms with Crippen LogP contribution in [0.5, 0.6) is 0 Å². The van der Waals surface area contributed by atoms with Gasteiger partial charge >= 0.3 is 5.92 Å². The monoisotopic (exact) mass is 576 g/mol. The maximum absolute atomic E-state index is 16.5. The lowest BCUT2D eigenvalue weighted by Crippen LogP contribution is -2.46. The topological polar surface area (TPSA) is 91.0 Å². The molecule has 8 nitrogen and oxygen atoms in total. The number of hydrogen-bond acceptors (Lipinski definition) is 6. The number of allylic oxidation sites excluding steroid dienone is 2. The molecule has 0 atom stereocenters. The molecule has 0 spiro atoms. The fourth-order valence-electron chi connectivity index (χ4n) is 5.04. The molecule has 0 bridgehead atoms. The van der Waals surface area contributed by atoms with Crippen LogP contribution in [0, 0.1) is 0 Å². The second kappa shape index (κ2) is 13.0. The van der Waals surface area contributed by atoms with E-state index in [1.54, 1.807) is 68.4 Å². The van der Waals surface area contributed by atoms with Crippen LogP contribution in [-0.4, -0.2) is 62.4 Å². The predicted molar refractivity (Wildman–Crippen MR) is 157 cm³/mol. The molecule has 0 fully saturated rings. The molecule has 0 saturated carbocycles. The minimum absolute atomic E-state index is 0.0456. The van der Waals surface area contributed by atoms with E-state index < -0.39 is 40.3 Å². The molecular weight excluding hydrogens is 542 g/mol. The van der Waals surface area contributed by atoms with Gasteiger partial charge in [-0.3, -0.25) is 9.59 Å². The summed E-state index contributed by atoms with van der Waals surface area (Å²) in [7, 11) is 3.56. The number of rotatable bonds is 9. The Morgan fingerprint density at radius 3 is 2.43 bits per heavy atom. The van der Waals surface area contributed by atoms with Gasteiger partial charge in [0, 0.05) is 30.2 Å². The third kappa shape index (κ3) is 6.05. The molecule has 2 aromatic carbocycles. The van der Waals surface area contributed by atoms with Crippen LogP contribution in [0.1, 0.15) is 25.3 Å². The molecule has 2 aliphatic rings. The summed E-state index contributed by atoms with van der Waals surface area (Å²) in [5.74, 6) is -5.46. The molecule has 10 heteroatoms. The number of benzene rings is 2. The standard InChI is InChI=1S/C32H34F2N4O4/c1-5-42-29-24(20-39)32(33,34)27(31(41)35-18-19-37(3)4)28(26(29)30(40)36-23-15-7-6-8-16-23)38-21(2)12-11-14-22-13-9-10-17-25(22)38/h6-10,13,15-17H,2,5,11-12,14,18-19H2,1,3-4H3,(H,35,41)(H,36,40). The number of aryl methyl sites for hydroxylation is 1. The summed E-state index contributed by atoms with van der Waals surface area (Å²) < 4.78 is 38.6. The van der Waals surface area contributed by atoms with Crippen molar-refractivity contribution in [3.8, 4) is 0 Å². The van der Waals surface area contributed by atoms with Crippen LogP contribution >= 0.6 is 0 Å². The van der Waals surface area contributed by atoms with E-state index in [0.29, 0.717) is 42.9 Å². The number of fused-ring (bicyclic) bond motifs is 1. The first-order valence-electron chi connectivity index (χ1n) is 13.7. The highest BCUT2D eigenvalue weighted by Gasteiger charge is 2.55. The Hall–Kier alpha value is -4.53. The van der Waals surface area contributed by atoms with Gasteiger partial charge in [0.25, 0.3) is 11.8 Å². The number of amides is 2. The summed E-state index contributed by atoms with van der Waals surface area (Å²) in [5, 5.41) is 5.27. The average Bonchev–Trinajstić information content (AvgIpc) is 3.10.